The van der Waals surface area contributed by atoms with Gasteiger partial charge in [-0.15, -0.1) is 0 Å². The number of para-hydroxylation sites is 1. The maximum Gasteiger partial charge on any atom is 0.446 e. The molecule has 31 heteroatoms. The highest BCUT2D eigenvalue weighted by Crippen LogP contribution is 2.20. The Morgan fingerprint density at radius 3 is 2.03 bits per heavy atom. The van der Waals surface area contributed by atoms with E-state index >= 15 is 0 Å². The fourth-order valence-electron chi connectivity index (χ4n) is 7.48. The summed E-state index contributed by atoms with van der Waals surface area (Å²) in [5.41, 5.74) is 7.21. The van der Waals surface area contributed by atoms with Crippen molar-refractivity contribution in [3.05, 3.63) is 65.9 Å². The van der Waals surface area contributed by atoms with Gasteiger partial charge in [-0.25, -0.2) is 0 Å². The number of carbonyl (C=O) groups is 11. The molecule has 1 aliphatic heterocycles. The second-order valence-electron chi connectivity index (χ2n) is 17.4. The van der Waals surface area contributed by atoms with Gasteiger partial charge in [0.15, 0.2) is 0 Å². The van der Waals surface area contributed by atoms with Crippen LogP contribution in [-0.2, 0) is 76.0 Å². The Hall–Kier alpha value is -7.48. The molecular formula is C46H61N11O17S3. The Bertz CT molecular complexity index is 2760. The van der Waals surface area contributed by atoms with Crippen molar-refractivity contribution in [2.45, 2.75) is 93.8 Å². The third-order valence-electron chi connectivity index (χ3n) is 11.5. The summed E-state index contributed by atoms with van der Waals surface area (Å²) in [5.74, 6) is -11.8. The second kappa shape index (κ2) is 29.7. The largest absolute Gasteiger partial charge is 0.481 e. The lowest BCUT2D eigenvalue weighted by molar-refractivity contribution is -0.141. The molecule has 0 saturated carbocycles. The van der Waals surface area contributed by atoms with Crippen molar-refractivity contribution in [2.24, 2.45) is 5.73 Å². The molecule has 0 bridgehead atoms. The van der Waals surface area contributed by atoms with Crippen molar-refractivity contribution in [3.8, 4) is 5.75 Å². The van der Waals surface area contributed by atoms with Crippen molar-refractivity contribution in [3.63, 3.8) is 0 Å². The summed E-state index contributed by atoms with van der Waals surface area (Å²) < 4.78 is 36.0. The summed E-state index contributed by atoms with van der Waals surface area (Å²) in [7, 11) is -4.91. The predicted octanol–water partition coefficient (Wildman–Crippen LogP) is -3.42. The molecule has 420 valence electrons. The fourth-order valence-corrected chi connectivity index (χ4v) is 8.78. The first-order valence-corrected chi connectivity index (χ1v) is 27.7. The van der Waals surface area contributed by atoms with Crippen LogP contribution in [0.15, 0.2) is 54.7 Å². The number of amides is 9. The lowest BCUT2D eigenvalue weighted by Gasteiger charge is -2.28. The molecule has 0 spiro atoms. The minimum absolute atomic E-state index is 0.0570. The van der Waals surface area contributed by atoms with E-state index < -0.39 is 150 Å². The summed E-state index contributed by atoms with van der Waals surface area (Å²) in [5, 5.41) is 41.5. The van der Waals surface area contributed by atoms with Crippen LogP contribution in [0.25, 0.3) is 10.9 Å². The van der Waals surface area contributed by atoms with E-state index in [2.05, 4.69) is 57.0 Å². The molecule has 3 aromatic rings. The van der Waals surface area contributed by atoms with Gasteiger partial charge in [0.05, 0.1) is 25.4 Å². The number of aliphatic carboxylic acids is 2. The lowest BCUT2D eigenvalue weighted by atomic mass is 10.0. The van der Waals surface area contributed by atoms with Gasteiger partial charge >= 0.3 is 22.3 Å². The number of carboxylic acid groups (broad SMARTS) is 2. The van der Waals surface area contributed by atoms with Gasteiger partial charge in [0.2, 0.25) is 53.2 Å². The summed E-state index contributed by atoms with van der Waals surface area (Å²) in [6, 6.07) is -0.860. The van der Waals surface area contributed by atoms with E-state index in [-0.39, 0.29) is 48.5 Å². The fraction of sp³-hybridized carbons (Fsp3) is 0.457. The number of aromatic amines is 1. The molecule has 2 aromatic carbocycles. The number of aromatic nitrogens is 1. The Balaban J connectivity index is 1.74. The second-order valence-corrected chi connectivity index (χ2v) is 20.4. The first-order chi connectivity index (χ1) is 36.4. The van der Waals surface area contributed by atoms with Gasteiger partial charge in [0.25, 0.3) is 0 Å². The molecule has 4 rings (SSSR count). The van der Waals surface area contributed by atoms with Crippen LogP contribution in [0.1, 0.15) is 43.7 Å². The van der Waals surface area contributed by atoms with E-state index in [9.17, 15) is 71.4 Å². The molecule has 0 aliphatic carbocycles. The monoisotopic (exact) mass is 1140 g/mol. The first-order valence-electron chi connectivity index (χ1n) is 23.5. The summed E-state index contributed by atoms with van der Waals surface area (Å²) >= 11 is 2.55. The average Bonchev–Trinajstić information content (AvgIpc) is 3.78. The zero-order valence-corrected chi connectivity index (χ0v) is 44.2. The Morgan fingerprint density at radius 1 is 0.753 bits per heavy atom. The van der Waals surface area contributed by atoms with Crippen LogP contribution in [0.3, 0.4) is 0 Å². The topological polar surface area (TPSA) is 442 Å². The number of thioether (sulfide) groups is 2. The minimum Gasteiger partial charge on any atom is -0.481 e. The van der Waals surface area contributed by atoms with Crippen molar-refractivity contribution in [1.29, 1.82) is 0 Å². The number of rotatable bonds is 22. The maximum absolute atomic E-state index is 14.6. The van der Waals surface area contributed by atoms with Crippen molar-refractivity contribution >= 4 is 110 Å². The number of carboxylic acids is 2. The maximum atomic E-state index is 14.6. The van der Waals surface area contributed by atoms with Crippen LogP contribution in [0.4, 0.5) is 0 Å². The van der Waals surface area contributed by atoms with Crippen molar-refractivity contribution < 1.29 is 80.1 Å². The standard InChI is InChI=1S/C46H61N11O17S3/c1-23-39(63)50-22-36(58)49-21-35(57-42(66)31(13-15-76-3)52-44(68)32(54-40(64)28(47)18-37(59)60)16-24-8-10-26(11-9-24)74-77(71,72)73)46(70)55-33(17-25-20-48-29-7-5-4-6-27(25)29)45(69)53-30(12-14-75-2)41(65)56-34(19-38(61)62)43(67)51-23/h4-11,20,23,28,30-35,48H,12-19,21-22,47H2,1-3H3,(H,49,58)(H,50,63)(H,51,67)(H,52,68)(H,53,69)(H,54,64)(H,55,70)(H,56,65)(H,57,66)(H,59,60)(H,61,62)(H,71,72,73)/t23-,28-,30-,31-,32-,33-,34-,35-/m0/s1. The number of hydrogen-bond donors (Lipinski definition) is 14. The van der Waals surface area contributed by atoms with Gasteiger partial charge < -0.3 is 73.0 Å². The molecule has 1 aromatic heterocycles. The summed E-state index contributed by atoms with van der Waals surface area (Å²) in [6.07, 6.45) is 2.42. The summed E-state index contributed by atoms with van der Waals surface area (Å²) in [6.45, 7) is -0.251. The zero-order valence-electron chi connectivity index (χ0n) is 41.7. The molecule has 1 aliphatic rings. The molecule has 1 fully saturated rings. The van der Waals surface area contributed by atoms with E-state index in [1.807, 2.05) is 0 Å². The highest BCUT2D eigenvalue weighted by atomic mass is 32.3. The predicted molar refractivity (Wildman–Crippen MR) is 278 cm³/mol. The molecule has 9 amide bonds. The van der Waals surface area contributed by atoms with E-state index in [4.69, 9.17) is 10.3 Å². The molecule has 1 saturated heterocycles. The Kier molecular flexibility index (Phi) is 24.0. The number of fused-ring (bicyclic) bond motifs is 1. The molecule has 2 heterocycles. The first kappa shape index (κ1) is 62.1. The van der Waals surface area contributed by atoms with Crippen LogP contribution in [0.2, 0.25) is 0 Å². The van der Waals surface area contributed by atoms with Crippen LogP contribution in [0.5, 0.6) is 5.75 Å². The molecule has 28 nitrogen and oxygen atoms in total. The quantitative estimate of drug-likeness (QED) is 0.0436. The van der Waals surface area contributed by atoms with Gasteiger partial charge in [0, 0.05) is 36.5 Å². The number of H-pyrrole nitrogens is 1. The molecular weight excluding hydrogens is 1070 g/mol. The van der Waals surface area contributed by atoms with Gasteiger partial charge in [0.1, 0.15) is 48.0 Å². The molecule has 15 N–H and O–H groups in total. The number of hydrogen-bond acceptors (Lipinski definition) is 17. The van der Waals surface area contributed by atoms with Crippen LogP contribution in [0, 0.1) is 0 Å². The highest BCUT2D eigenvalue weighted by Gasteiger charge is 2.36. The van der Waals surface area contributed by atoms with E-state index in [1.54, 1.807) is 43.0 Å². The lowest BCUT2D eigenvalue weighted by Crippen LogP contribution is -2.62. The molecule has 77 heavy (non-hydrogen) atoms. The van der Waals surface area contributed by atoms with Gasteiger partial charge in [-0.2, -0.15) is 31.9 Å². The number of nitrogens with one attached hydrogen (secondary N) is 10. The molecule has 0 unspecified atom stereocenters. The molecule has 0 radical (unpaired) electrons. The third kappa shape index (κ3) is 20.5. The van der Waals surface area contributed by atoms with Gasteiger partial charge in [-0.05, 0) is 73.1 Å². The summed E-state index contributed by atoms with van der Waals surface area (Å²) in [4.78, 5) is 151. The highest BCUT2D eigenvalue weighted by molar-refractivity contribution is 7.98. The Labute approximate surface area is 449 Å². The van der Waals surface area contributed by atoms with E-state index in [1.165, 1.54) is 42.6 Å². The van der Waals surface area contributed by atoms with E-state index in [0.717, 1.165) is 12.1 Å². The van der Waals surface area contributed by atoms with Crippen LogP contribution < -0.4 is 57.8 Å². The third-order valence-corrected chi connectivity index (χ3v) is 13.2. The van der Waals surface area contributed by atoms with Crippen molar-refractivity contribution in [1.82, 2.24) is 52.8 Å². The SMILES string of the molecule is CSCC[C@@H]1NC(=O)[C@H](Cc2c[nH]c3ccccc23)NC(=O)[C@@H](NC(=O)[C@H](CCSC)NC(=O)[C@H](Cc2ccc(OS(=O)(=O)O)cc2)NC(=O)[C@@H](N)CC(=O)O)CNC(=O)CNC(=O)[C@H](C)NC(=O)[C@H](CC(=O)O)NC1=O. The van der Waals surface area contributed by atoms with E-state index in [0.29, 0.717) is 16.5 Å². The normalized spacial score (nSPS) is 20.4. The number of benzene rings is 2. The van der Waals surface area contributed by atoms with Crippen molar-refractivity contribution in [2.75, 3.05) is 37.1 Å². The van der Waals surface area contributed by atoms with Gasteiger partial charge in [-0.3, -0.25) is 57.3 Å². The minimum atomic E-state index is -4.91. The number of carbonyl (C=O) groups excluding carboxylic acids is 9. The zero-order chi connectivity index (χ0) is 57.0. The number of nitrogens with two attached hydrogens (primary N) is 1. The molecule has 8 atom stereocenters. The smallest absolute Gasteiger partial charge is 0.446 e. The van der Waals surface area contributed by atoms with Gasteiger partial charge in [-0.1, -0.05) is 30.3 Å². The Morgan fingerprint density at radius 2 is 1.38 bits per heavy atom. The van der Waals surface area contributed by atoms with Crippen LogP contribution >= 0.6 is 23.5 Å². The van der Waals surface area contributed by atoms with Crippen LogP contribution in [-0.4, -0.2) is 179 Å². The average molecular weight is 1140 g/mol.